The Morgan fingerprint density at radius 2 is 1.88 bits per heavy atom. The van der Waals surface area contributed by atoms with Gasteiger partial charge in [0.25, 0.3) is 0 Å². The molecule has 0 aromatic carbocycles. The number of hydrogen-bond acceptors (Lipinski definition) is 3. The quantitative estimate of drug-likeness (QED) is 0.737. The van der Waals surface area contributed by atoms with E-state index in [2.05, 4.69) is 6.92 Å². The molecule has 0 heterocycles. The van der Waals surface area contributed by atoms with E-state index in [-0.39, 0.29) is 17.5 Å². The molecule has 94 valence electrons. The van der Waals surface area contributed by atoms with Crippen LogP contribution in [0.15, 0.2) is 0 Å². The Morgan fingerprint density at radius 3 is 2.38 bits per heavy atom. The maximum Gasteiger partial charge on any atom is 0.323 e. The van der Waals surface area contributed by atoms with Crippen molar-refractivity contribution in [1.82, 2.24) is 0 Å². The second-order valence-corrected chi connectivity index (χ2v) is 6.08. The first-order chi connectivity index (χ1) is 7.32. The minimum atomic E-state index is -0.526. The molecule has 1 saturated carbocycles. The monoisotopic (exact) mass is 227 g/mol. The van der Waals surface area contributed by atoms with Crippen LogP contribution >= 0.6 is 0 Å². The SMILES string of the molecule is CC1CCCCC1OC(=O)[C@@H](N)C(C)(C)C. The Bertz CT molecular complexity index is 245. The highest BCUT2D eigenvalue weighted by molar-refractivity contribution is 5.76. The predicted octanol–water partition coefficient (Wildman–Crippen LogP) is 2.48. The summed E-state index contributed by atoms with van der Waals surface area (Å²) in [5.41, 5.74) is 5.66. The number of hydrogen-bond donors (Lipinski definition) is 1. The third kappa shape index (κ3) is 3.48. The molecule has 0 aliphatic heterocycles. The summed E-state index contributed by atoms with van der Waals surface area (Å²) < 4.78 is 5.53. The molecule has 0 bridgehead atoms. The lowest BCUT2D eigenvalue weighted by molar-refractivity contribution is -0.157. The van der Waals surface area contributed by atoms with Gasteiger partial charge in [-0.2, -0.15) is 0 Å². The van der Waals surface area contributed by atoms with E-state index in [4.69, 9.17) is 10.5 Å². The molecule has 0 amide bonds. The van der Waals surface area contributed by atoms with Crippen molar-refractivity contribution in [2.24, 2.45) is 17.1 Å². The molecule has 3 heteroatoms. The first-order valence-electron chi connectivity index (χ1n) is 6.28. The van der Waals surface area contributed by atoms with Crippen molar-refractivity contribution < 1.29 is 9.53 Å². The van der Waals surface area contributed by atoms with E-state index < -0.39 is 6.04 Å². The minimum absolute atomic E-state index is 0.0784. The fourth-order valence-corrected chi connectivity index (χ4v) is 2.03. The Balaban J connectivity index is 2.50. The van der Waals surface area contributed by atoms with Gasteiger partial charge in [0.1, 0.15) is 12.1 Å². The van der Waals surface area contributed by atoms with Gasteiger partial charge in [0.05, 0.1) is 0 Å². The standard InChI is InChI=1S/C13H25NO2/c1-9-7-5-6-8-10(9)16-12(15)11(14)13(2,3)4/h9-11H,5-8,14H2,1-4H3/t9?,10?,11-/m1/s1. The number of carbonyl (C=O) groups is 1. The van der Waals surface area contributed by atoms with Gasteiger partial charge in [-0.1, -0.05) is 34.1 Å². The maximum atomic E-state index is 11.9. The summed E-state index contributed by atoms with van der Waals surface area (Å²) >= 11 is 0. The lowest BCUT2D eigenvalue weighted by Gasteiger charge is -2.32. The molecule has 2 N–H and O–H groups in total. The van der Waals surface area contributed by atoms with E-state index in [1.165, 1.54) is 6.42 Å². The number of esters is 1. The van der Waals surface area contributed by atoms with Crippen LogP contribution < -0.4 is 5.73 Å². The van der Waals surface area contributed by atoms with E-state index in [9.17, 15) is 4.79 Å². The molecule has 3 atom stereocenters. The van der Waals surface area contributed by atoms with Crippen molar-refractivity contribution in [3.63, 3.8) is 0 Å². The zero-order valence-corrected chi connectivity index (χ0v) is 11.0. The molecule has 0 saturated heterocycles. The summed E-state index contributed by atoms with van der Waals surface area (Å²) in [5.74, 6) is 0.233. The van der Waals surface area contributed by atoms with E-state index >= 15 is 0 Å². The molecule has 1 aliphatic rings. The maximum absolute atomic E-state index is 11.9. The van der Waals surface area contributed by atoms with Gasteiger partial charge in [0.15, 0.2) is 0 Å². The molecule has 0 aromatic rings. The Kier molecular flexibility index (Phi) is 4.36. The van der Waals surface area contributed by atoms with Crippen molar-refractivity contribution >= 4 is 5.97 Å². The topological polar surface area (TPSA) is 52.3 Å². The zero-order valence-electron chi connectivity index (χ0n) is 11.0. The van der Waals surface area contributed by atoms with Gasteiger partial charge in [-0.15, -0.1) is 0 Å². The minimum Gasteiger partial charge on any atom is -0.461 e. The van der Waals surface area contributed by atoms with E-state index in [0.717, 1.165) is 19.3 Å². The lowest BCUT2D eigenvalue weighted by atomic mass is 9.86. The van der Waals surface area contributed by atoms with Crippen molar-refractivity contribution in [2.75, 3.05) is 0 Å². The van der Waals surface area contributed by atoms with Crippen LogP contribution in [0.3, 0.4) is 0 Å². The first kappa shape index (κ1) is 13.5. The summed E-state index contributed by atoms with van der Waals surface area (Å²) in [6.07, 6.45) is 4.63. The summed E-state index contributed by atoms with van der Waals surface area (Å²) in [4.78, 5) is 11.9. The van der Waals surface area contributed by atoms with Gasteiger partial charge in [-0.05, 0) is 30.6 Å². The van der Waals surface area contributed by atoms with Crippen LogP contribution in [-0.2, 0) is 9.53 Å². The van der Waals surface area contributed by atoms with Gasteiger partial charge in [0.2, 0.25) is 0 Å². The van der Waals surface area contributed by atoms with Gasteiger partial charge in [-0.3, -0.25) is 4.79 Å². The van der Waals surface area contributed by atoms with Crippen LogP contribution in [0.2, 0.25) is 0 Å². The highest BCUT2D eigenvalue weighted by Gasteiger charge is 2.32. The van der Waals surface area contributed by atoms with Crippen LogP contribution in [0.5, 0.6) is 0 Å². The highest BCUT2D eigenvalue weighted by atomic mass is 16.5. The molecule has 0 radical (unpaired) electrons. The first-order valence-corrected chi connectivity index (χ1v) is 6.28. The third-order valence-electron chi connectivity index (χ3n) is 3.49. The predicted molar refractivity (Wildman–Crippen MR) is 64.9 cm³/mol. The van der Waals surface area contributed by atoms with Gasteiger partial charge in [0, 0.05) is 0 Å². The van der Waals surface area contributed by atoms with E-state index in [0.29, 0.717) is 5.92 Å². The molecule has 3 nitrogen and oxygen atoms in total. The third-order valence-corrected chi connectivity index (χ3v) is 3.49. The molecule has 2 unspecified atom stereocenters. The van der Waals surface area contributed by atoms with Gasteiger partial charge >= 0.3 is 5.97 Å². The molecule has 1 rings (SSSR count). The molecule has 1 aliphatic carbocycles. The van der Waals surface area contributed by atoms with Crippen LogP contribution in [0.4, 0.5) is 0 Å². The smallest absolute Gasteiger partial charge is 0.323 e. The molecular weight excluding hydrogens is 202 g/mol. The molecule has 0 spiro atoms. The molecule has 0 aromatic heterocycles. The Hall–Kier alpha value is -0.570. The molecular formula is C13H25NO2. The number of ether oxygens (including phenoxy) is 1. The van der Waals surface area contributed by atoms with Crippen molar-refractivity contribution in [3.05, 3.63) is 0 Å². The second-order valence-electron chi connectivity index (χ2n) is 6.08. The van der Waals surface area contributed by atoms with Crippen LogP contribution in [0.25, 0.3) is 0 Å². The summed E-state index contributed by atoms with van der Waals surface area (Å²) in [5, 5.41) is 0. The number of carbonyl (C=O) groups excluding carboxylic acids is 1. The average Bonchev–Trinajstić information content (AvgIpc) is 2.19. The van der Waals surface area contributed by atoms with Crippen LogP contribution in [-0.4, -0.2) is 18.1 Å². The van der Waals surface area contributed by atoms with Crippen molar-refractivity contribution in [1.29, 1.82) is 0 Å². The summed E-state index contributed by atoms with van der Waals surface area (Å²) in [6.45, 7) is 8.04. The number of nitrogens with two attached hydrogens (primary N) is 1. The average molecular weight is 227 g/mol. The molecule has 1 fully saturated rings. The summed E-state index contributed by atoms with van der Waals surface area (Å²) in [7, 11) is 0. The zero-order chi connectivity index (χ0) is 12.3. The molecule has 16 heavy (non-hydrogen) atoms. The fourth-order valence-electron chi connectivity index (χ4n) is 2.03. The fraction of sp³-hybridized carbons (Fsp3) is 0.923. The largest absolute Gasteiger partial charge is 0.461 e. The van der Waals surface area contributed by atoms with E-state index in [1.807, 2.05) is 20.8 Å². The highest BCUT2D eigenvalue weighted by Crippen LogP contribution is 2.27. The van der Waals surface area contributed by atoms with Gasteiger partial charge in [-0.25, -0.2) is 0 Å². The lowest BCUT2D eigenvalue weighted by Crippen LogP contribution is -2.45. The van der Waals surface area contributed by atoms with Crippen molar-refractivity contribution in [2.45, 2.75) is 65.5 Å². The Labute approximate surface area is 98.7 Å². The normalized spacial score (nSPS) is 28.6. The Morgan fingerprint density at radius 1 is 1.31 bits per heavy atom. The summed E-state index contributed by atoms with van der Waals surface area (Å²) in [6, 6.07) is -0.526. The van der Waals surface area contributed by atoms with E-state index in [1.54, 1.807) is 0 Å². The second kappa shape index (κ2) is 5.17. The van der Waals surface area contributed by atoms with Gasteiger partial charge < -0.3 is 10.5 Å². The van der Waals surface area contributed by atoms with Crippen LogP contribution in [0, 0.1) is 11.3 Å². The van der Waals surface area contributed by atoms with Crippen LogP contribution in [0.1, 0.15) is 53.4 Å². The number of rotatable bonds is 2. The van der Waals surface area contributed by atoms with Crippen molar-refractivity contribution in [3.8, 4) is 0 Å².